The molecule has 2 N–H and O–H groups in total. The highest BCUT2D eigenvalue weighted by atomic mass is 16.5. The van der Waals surface area contributed by atoms with Crippen LogP contribution in [0.2, 0.25) is 0 Å². The first-order chi connectivity index (χ1) is 6.77. The van der Waals surface area contributed by atoms with Gasteiger partial charge in [-0.1, -0.05) is 0 Å². The van der Waals surface area contributed by atoms with Crippen LogP contribution in [0.25, 0.3) is 0 Å². The van der Waals surface area contributed by atoms with Crippen molar-refractivity contribution < 1.29 is 19.4 Å². The third-order valence-electron chi connectivity index (χ3n) is 1.60. The molecule has 0 heterocycles. The molecular formula is C9H19NO4. The maximum Gasteiger partial charge on any atom is 0.317 e. The van der Waals surface area contributed by atoms with Gasteiger partial charge in [0.25, 0.3) is 0 Å². The quantitative estimate of drug-likeness (QED) is 0.495. The fourth-order valence-corrected chi connectivity index (χ4v) is 0.894. The van der Waals surface area contributed by atoms with Gasteiger partial charge in [-0.3, -0.25) is 4.79 Å². The molecule has 0 rings (SSSR count). The summed E-state index contributed by atoms with van der Waals surface area (Å²) < 4.78 is 10.0. The van der Waals surface area contributed by atoms with Gasteiger partial charge < -0.3 is 19.9 Å². The highest BCUT2D eigenvalue weighted by molar-refractivity contribution is 5.68. The van der Waals surface area contributed by atoms with Crippen molar-refractivity contribution >= 4 is 5.97 Å². The number of carbonyl (C=O) groups is 1. The molecule has 5 nitrogen and oxygen atoms in total. The number of carboxylic acid groups (broad SMARTS) is 1. The van der Waals surface area contributed by atoms with Gasteiger partial charge in [-0.05, 0) is 19.4 Å². The Morgan fingerprint density at radius 1 is 1.29 bits per heavy atom. The van der Waals surface area contributed by atoms with E-state index in [0.29, 0.717) is 19.8 Å². The molecule has 0 aromatic heterocycles. The van der Waals surface area contributed by atoms with Crippen LogP contribution in [-0.4, -0.2) is 51.1 Å². The Morgan fingerprint density at radius 2 is 2.07 bits per heavy atom. The summed E-state index contributed by atoms with van der Waals surface area (Å²) in [7, 11) is 1.64. The van der Waals surface area contributed by atoms with Crippen LogP contribution < -0.4 is 5.32 Å². The van der Waals surface area contributed by atoms with Crippen molar-refractivity contribution in [2.75, 3.05) is 40.0 Å². The van der Waals surface area contributed by atoms with Gasteiger partial charge >= 0.3 is 5.97 Å². The Bertz CT molecular complexity index is 141. The minimum atomic E-state index is -0.818. The van der Waals surface area contributed by atoms with Crippen LogP contribution in [0.4, 0.5) is 0 Å². The van der Waals surface area contributed by atoms with E-state index in [9.17, 15) is 4.79 Å². The highest BCUT2D eigenvalue weighted by Gasteiger charge is 1.94. The van der Waals surface area contributed by atoms with E-state index in [1.165, 1.54) is 0 Å². The summed E-state index contributed by atoms with van der Waals surface area (Å²) in [5.41, 5.74) is 0. The SMILES string of the molecule is COCCOCCCCNCC(=O)O. The summed E-state index contributed by atoms with van der Waals surface area (Å²) in [6.07, 6.45) is 1.87. The van der Waals surface area contributed by atoms with Crippen molar-refractivity contribution in [1.29, 1.82) is 0 Å². The summed E-state index contributed by atoms with van der Waals surface area (Å²) in [6.45, 7) is 2.71. The molecule has 0 aromatic rings. The van der Waals surface area contributed by atoms with Crippen LogP contribution >= 0.6 is 0 Å². The monoisotopic (exact) mass is 205 g/mol. The van der Waals surface area contributed by atoms with Gasteiger partial charge in [0.05, 0.1) is 19.8 Å². The number of nitrogens with one attached hydrogen (secondary N) is 1. The highest BCUT2D eigenvalue weighted by Crippen LogP contribution is 1.88. The molecule has 0 radical (unpaired) electrons. The van der Waals surface area contributed by atoms with Gasteiger partial charge in [0.15, 0.2) is 0 Å². The fraction of sp³-hybridized carbons (Fsp3) is 0.889. The second kappa shape index (κ2) is 10.4. The van der Waals surface area contributed by atoms with E-state index < -0.39 is 5.97 Å². The predicted octanol–water partition coefficient (Wildman–Crippen LogP) is 0.104. The summed E-state index contributed by atoms with van der Waals surface area (Å²) in [6, 6.07) is 0. The molecule has 84 valence electrons. The van der Waals surface area contributed by atoms with E-state index >= 15 is 0 Å². The van der Waals surface area contributed by atoms with Crippen LogP contribution in [0.3, 0.4) is 0 Å². The van der Waals surface area contributed by atoms with Crippen LogP contribution in [0, 0.1) is 0 Å². The van der Waals surface area contributed by atoms with E-state index in [2.05, 4.69) is 5.32 Å². The maximum atomic E-state index is 10.1. The lowest BCUT2D eigenvalue weighted by Crippen LogP contribution is -2.23. The smallest absolute Gasteiger partial charge is 0.317 e. The second-order valence-electron chi connectivity index (χ2n) is 2.88. The molecule has 14 heavy (non-hydrogen) atoms. The van der Waals surface area contributed by atoms with Crippen LogP contribution in [-0.2, 0) is 14.3 Å². The predicted molar refractivity (Wildman–Crippen MR) is 52.4 cm³/mol. The zero-order chi connectivity index (χ0) is 10.6. The van der Waals surface area contributed by atoms with Crippen molar-refractivity contribution in [3.05, 3.63) is 0 Å². The number of methoxy groups -OCH3 is 1. The fourth-order valence-electron chi connectivity index (χ4n) is 0.894. The zero-order valence-electron chi connectivity index (χ0n) is 8.62. The number of hydrogen-bond donors (Lipinski definition) is 2. The molecule has 0 aliphatic heterocycles. The second-order valence-corrected chi connectivity index (χ2v) is 2.88. The molecule has 0 aliphatic rings. The standard InChI is InChI=1S/C9H19NO4/c1-13-6-7-14-5-3-2-4-10-8-9(11)12/h10H,2-8H2,1H3,(H,11,12). The van der Waals surface area contributed by atoms with Crippen LogP contribution in [0.15, 0.2) is 0 Å². The number of carboxylic acids is 1. The molecule has 0 fully saturated rings. The molecule has 0 saturated carbocycles. The molecule has 0 aromatic carbocycles. The van der Waals surface area contributed by atoms with Gasteiger partial charge in [0.2, 0.25) is 0 Å². The lowest BCUT2D eigenvalue weighted by molar-refractivity contribution is -0.135. The topological polar surface area (TPSA) is 67.8 Å². The number of unbranched alkanes of at least 4 members (excludes halogenated alkanes) is 1. The maximum absolute atomic E-state index is 10.1. The van der Waals surface area contributed by atoms with Crippen molar-refractivity contribution in [1.82, 2.24) is 5.32 Å². The first-order valence-corrected chi connectivity index (χ1v) is 4.76. The molecule has 0 spiro atoms. The van der Waals surface area contributed by atoms with Gasteiger partial charge in [-0.15, -0.1) is 0 Å². The summed E-state index contributed by atoms with van der Waals surface area (Å²) in [4.78, 5) is 10.1. The van der Waals surface area contributed by atoms with E-state index in [0.717, 1.165) is 19.4 Å². The normalized spacial score (nSPS) is 10.4. The minimum absolute atomic E-state index is 0.0323. The lowest BCUT2D eigenvalue weighted by Gasteiger charge is -2.03. The Labute approximate surface area is 84.4 Å². The first kappa shape index (κ1) is 13.4. The molecule has 0 aliphatic carbocycles. The largest absolute Gasteiger partial charge is 0.480 e. The van der Waals surface area contributed by atoms with Crippen molar-refractivity contribution in [3.63, 3.8) is 0 Å². The summed E-state index contributed by atoms with van der Waals surface area (Å²) in [5.74, 6) is -0.818. The lowest BCUT2D eigenvalue weighted by atomic mass is 10.3. The zero-order valence-corrected chi connectivity index (χ0v) is 8.62. The van der Waals surface area contributed by atoms with Gasteiger partial charge in [-0.25, -0.2) is 0 Å². The number of rotatable bonds is 10. The molecule has 0 saturated heterocycles. The third kappa shape index (κ3) is 11.4. The average molecular weight is 205 g/mol. The van der Waals surface area contributed by atoms with Crippen LogP contribution in [0.5, 0.6) is 0 Å². The van der Waals surface area contributed by atoms with E-state index in [4.69, 9.17) is 14.6 Å². The Kier molecular flexibility index (Phi) is 9.95. The molecule has 0 unspecified atom stereocenters. The average Bonchev–Trinajstić information content (AvgIpc) is 2.15. The van der Waals surface area contributed by atoms with Crippen molar-refractivity contribution in [2.45, 2.75) is 12.8 Å². The first-order valence-electron chi connectivity index (χ1n) is 4.76. The van der Waals surface area contributed by atoms with Gasteiger partial charge in [-0.2, -0.15) is 0 Å². The van der Waals surface area contributed by atoms with Crippen molar-refractivity contribution in [2.24, 2.45) is 0 Å². The molecule has 0 atom stereocenters. The summed E-state index contributed by atoms with van der Waals surface area (Å²) >= 11 is 0. The third-order valence-corrected chi connectivity index (χ3v) is 1.60. The van der Waals surface area contributed by atoms with E-state index in [1.54, 1.807) is 7.11 Å². The van der Waals surface area contributed by atoms with Gasteiger partial charge in [0, 0.05) is 13.7 Å². The van der Waals surface area contributed by atoms with E-state index in [1.807, 2.05) is 0 Å². The summed E-state index contributed by atoms with van der Waals surface area (Å²) in [5, 5.41) is 11.1. The van der Waals surface area contributed by atoms with Crippen molar-refractivity contribution in [3.8, 4) is 0 Å². The van der Waals surface area contributed by atoms with Crippen LogP contribution in [0.1, 0.15) is 12.8 Å². The molecular weight excluding hydrogens is 186 g/mol. The molecule has 0 bridgehead atoms. The Hall–Kier alpha value is -0.650. The molecule has 5 heteroatoms. The molecule has 0 amide bonds. The number of hydrogen-bond acceptors (Lipinski definition) is 4. The Morgan fingerprint density at radius 3 is 2.71 bits per heavy atom. The Balaban J connectivity index is 2.88. The number of ether oxygens (including phenoxy) is 2. The van der Waals surface area contributed by atoms with E-state index in [-0.39, 0.29) is 6.54 Å². The number of aliphatic carboxylic acids is 1. The minimum Gasteiger partial charge on any atom is -0.480 e. The van der Waals surface area contributed by atoms with Gasteiger partial charge in [0.1, 0.15) is 0 Å².